The van der Waals surface area contributed by atoms with Gasteiger partial charge in [0.05, 0.1) is 4.90 Å². The molecule has 2 heterocycles. The van der Waals surface area contributed by atoms with Gasteiger partial charge < -0.3 is 10.2 Å². The summed E-state index contributed by atoms with van der Waals surface area (Å²) >= 11 is 7.16. The zero-order valence-electron chi connectivity index (χ0n) is 16.6. The van der Waals surface area contributed by atoms with Crippen LogP contribution < -0.4 is 10.2 Å². The normalized spacial score (nSPS) is 15.1. The average Bonchev–Trinajstić information content (AvgIpc) is 3.20. The van der Waals surface area contributed by atoms with E-state index in [2.05, 4.69) is 20.4 Å². The Hall–Kier alpha value is -2.49. The standard InChI is InChI=1S/C21H21ClN4O3S2/c22-16-5-4-6-17(13-16)26-11-9-15(10-12-26)20(27)23-21-25-24-19(30-21)14-31(28,29)18-7-2-1-3-8-18/h1-8,13,15H,9-12,14H2,(H,23,25,27). The summed E-state index contributed by atoms with van der Waals surface area (Å²) in [6.07, 6.45) is 1.43. The molecule has 0 spiro atoms. The van der Waals surface area contributed by atoms with Crippen LogP contribution >= 0.6 is 22.9 Å². The number of sulfone groups is 1. The number of nitrogens with zero attached hydrogens (tertiary/aromatic N) is 3. The first-order chi connectivity index (χ1) is 14.9. The second-order valence-corrected chi connectivity index (χ2v) is 10.8. The van der Waals surface area contributed by atoms with Crippen molar-refractivity contribution in [1.82, 2.24) is 10.2 Å². The fraction of sp³-hybridized carbons (Fsp3) is 0.286. The van der Waals surface area contributed by atoms with Crippen molar-refractivity contribution in [2.45, 2.75) is 23.5 Å². The third kappa shape index (κ3) is 5.41. The first kappa shape index (κ1) is 21.7. The van der Waals surface area contributed by atoms with Gasteiger partial charge in [0.25, 0.3) is 0 Å². The van der Waals surface area contributed by atoms with Crippen LogP contribution in [0.5, 0.6) is 0 Å². The van der Waals surface area contributed by atoms with Crippen molar-refractivity contribution in [2.75, 3.05) is 23.3 Å². The Morgan fingerprint density at radius 2 is 1.84 bits per heavy atom. The van der Waals surface area contributed by atoms with E-state index in [1.165, 1.54) is 0 Å². The molecule has 1 N–H and O–H groups in total. The van der Waals surface area contributed by atoms with Crippen LogP contribution in [-0.4, -0.2) is 37.6 Å². The zero-order valence-corrected chi connectivity index (χ0v) is 19.0. The number of piperidine rings is 1. The Labute approximate surface area is 190 Å². The van der Waals surface area contributed by atoms with Gasteiger partial charge in [-0.05, 0) is 43.2 Å². The lowest BCUT2D eigenvalue weighted by Gasteiger charge is -2.32. The van der Waals surface area contributed by atoms with Gasteiger partial charge in [-0.2, -0.15) is 0 Å². The van der Waals surface area contributed by atoms with Gasteiger partial charge in [0.15, 0.2) is 9.84 Å². The smallest absolute Gasteiger partial charge is 0.229 e. The summed E-state index contributed by atoms with van der Waals surface area (Å²) < 4.78 is 25.0. The molecule has 7 nitrogen and oxygen atoms in total. The van der Waals surface area contributed by atoms with E-state index in [-0.39, 0.29) is 22.5 Å². The van der Waals surface area contributed by atoms with Crippen molar-refractivity contribution >= 4 is 49.5 Å². The minimum atomic E-state index is -3.50. The molecular formula is C21H21ClN4O3S2. The highest BCUT2D eigenvalue weighted by molar-refractivity contribution is 7.90. The van der Waals surface area contributed by atoms with Gasteiger partial charge in [0.2, 0.25) is 11.0 Å². The highest BCUT2D eigenvalue weighted by atomic mass is 35.5. The SMILES string of the molecule is O=C(Nc1nnc(CS(=O)(=O)c2ccccc2)s1)C1CCN(c2cccc(Cl)c2)CC1. The molecule has 2 aromatic carbocycles. The number of amides is 1. The van der Waals surface area contributed by atoms with Gasteiger partial charge in [-0.1, -0.05) is 47.2 Å². The number of nitrogens with one attached hydrogen (secondary N) is 1. The Balaban J connectivity index is 1.32. The molecule has 0 unspecified atom stereocenters. The molecule has 0 aliphatic carbocycles. The maximum absolute atomic E-state index is 12.7. The Morgan fingerprint density at radius 3 is 2.55 bits per heavy atom. The Bertz CT molecular complexity index is 1160. The molecular weight excluding hydrogens is 456 g/mol. The topological polar surface area (TPSA) is 92.3 Å². The molecule has 31 heavy (non-hydrogen) atoms. The van der Waals surface area contributed by atoms with E-state index in [4.69, 9.17) is 11.6 Å². The third-order valence-corrected chi connectivity index (χ3v) is 8.05. The summed E-state index contributed by atoms with van der Waals surface area (Å²) in [7, 11) is -3.50. The average molecular weight is 477 g/mol. The van der Waals surface area contributed by atoms with Crippen LogP contribution in [0.25, 0.3) is 0 Å². The molecule has 1 aliphatic heterocycles. The van der Waals surface area contributed by atoms with Gasteiger partial charge in [-0.3, -0.25) is 4.79 Å². The maximum Gasteiger partial charge on any atom is 0.229 e. The second-order valence-electron chi connectivity index (χ2n) is 7.30. The van der Waals surface area contributed by atoms with Crippen LogP contribution in [-0.2, 0) is 20.4 Å². The van der Waals surface area contributed by atoms with Crippen molar-refractivity contribution in [1.29, 1.82) is 0 Å². The minimum absolute atomic E-state index is 0.112. The fourth-order valence-electron chi connectivity index (χ4n) is 3.52. The van der Waals surface area contributed by atoms with Crippen molar-refractivity contribution < 1.29 is 13.2 Å². The number of halogens is 1. The molecule has 4 rings (SSSR count). The van der Waals surface area contributed by atoms with Crippen molar-refractivity contribution in [3.05, 3.63) is 64.6 Å². The van der Waals surface area contributed by atoms with Crippen LogP contribution in [0.15, 0.2) is 59.5 Å². The van der Waals surface area contributed by atoms with Crippen LogP contribution in [0.3, 0.4) is 0 Å². The lowest BCUT2D eigenvalue weighted by Crippen LogP contribution is -2.38. The van der Waals surface area contributed by atoms with Crippen LogP contribution in [0.2, 0.25) is 5.02 Å². The van der Waals surface area contributed by atoms with E-state index in [0.29, 0.717) is 28.0 Å². The summed E-state index contributed by atoms with van der Waals surface area (Å²) in [4.78, 5) is 15.1. The quantitative estimate of drug-likeness (QED) is 0.577. The third-order valence-electron chi connectivity index (χ3n) is 5.15. The number of hydrogen-bond donors (Lipinski definition) is 1. The number of benzene rings is 2. The maximum atomic E-state index is 12.7. The van der Waals surface area contributed by atoms with Gasteiger partial charge >= 0.3 is 0 Å². The summed E-state index contributed by atoms with van der Waals surface area (Å²) in [5, 5.41) is 12.0. The van der Waals surface area contributed by atoms with E-state index in [1.807, 2.05) is 24.3 Å². The molecule has 10 heteroatoms. The molecule has 1 aliphatic rings. The second kappa shape index (κ2) is 9.33. The van der Waals surface area contributed by atoms with E-state index < -0.39 is 9.84 Å². The lowest BCUT2D eigenvalue weighted by atomic mass is 9.95. The minimum Gasteiger partial charge on any atom is -0.371 e. The first-order valence-electron chi connectivity index (χ1n) is 9.82. The summed E-state index contributed by atoms with van der Waals surface area (Å²) in [6, 6.07) is 15.9. The molecule has 1 amide bonds. The molecule has 1 fully saturated rings. The van der Waals surface area contributed by atoms with E-state index in [1.54, 1.807) is 30.3 Å². The molecule has 3 aromatic rings. The van der Waals surface area contributed by atoms with Gasteiger partial charge in [-0.15, -0.1) is 10.2 Å². The van der Waals surface area contributed by atoms with Gasteiger partial charge in [-0.25, -0.2) is 8.42 Å². The van der Waals surface area contributed by atoms with E-state index >= 15 is 0 Å². The number of hydrogen-bond acceptors (Lipinski definition) is 7. The molecule has 162 valence electrons. The van der Waals surface area contributed by atoms with Crippen molar-refractivity contribution in [2.24, 2.45) is 5.92 Å². The van der Waals surface area contributed by atoms with Gasteiger partial charge in [0.1, 0.15) is 10.8 Å². The number of rotatable bonds is 6. The predicted octanol–water partition coefficient (Wildman–Crippen LogP) is 4.02. The molecule has 0 bridgehead atoms. The molecule has 0 saturated carbocycles. The summed E-state index contributed by atoms with van der Waals surface area (Å²) in [6.45, 7) is 1.52. The molecule has 0 atom stereocenters. The monoisotopic (exact) mass is 476 g/mol. The Kier molecular flexibility index (Phi) is 6.54. The van der Waals surface area contributed by atoms with Gasteiger partial charge in [0, 0.05) is 29.7 Å². The number of carbonyl (C=O) groups excluding carboxylic acids is 1. The van der Waals surface area contributed by atoms with Crippen LogP contribution in [0.1, 0.15) is 17.8 Å². The predicted molar refractivity (Wildman–Crippen MR) is 122 cm³/mol. The highest BCUT2D eigenvalue weighted by Crippen LogP contribution is 2.27. The lowest BCUT2D eigenvalue weighted by molar-refractivity contribution is -0.120. The van der Waals surface area contributed by atoms with E-state index in [0.717, 1.165) is 30.1 Å². The first-order valence-corrected chi connectivity index (χ1v) is 12.7. The highest BCUT2D eigenvalue weighted by Gasteiger charge is 2.26. The largest absolute Gasteiger partial charge is 0.371 e. The molecule has 1 saturated heterocycles. The fourth-order valence-corrected chi connectivity index (χ4v) is 6.06. The molecule has 1 aromatic heterocycles. The Morgan fingerprint density at radius 1 is 1.10 bits per heavy atom. The number of carbonyl (C=O) groups is 1. The van der Waals surface area contributed by atoms with Crippen molar-refractivity contribution in [3.8, 4) is 0 Å². The van der Waals surface area contributed by atoms with Crippen LogP contribution in [0.4, 0.5) is 10.8 Å². The summed E-state index contributed by atoms with van der Waals surface area (Å²) in [5.74, 6) is -0.488. The number of aromatic nitrogens is 2. The van der Waals surface area contributed by atoms with E-state index in [9.17, 15) is 13.2 Å². The number of anilines is 2. The van der Waals surface area contributed by atoms with Crippen LogP contribution in [0, 0.1) is 5.92 Å². The zero-order chi connectivity index (χ0) is 21.8. The molecule has 0 radical (unpaired) electrons. The van der Waals surface area contributed by atoms with Crippen molar-refractivity contribution in [3.63, 3.8) is 0 Å². The summed E-state index contributed by atoms with van der Waals surface area (Å²) in [5.41, 5.74) is 1.06.